The second-order valence-corrected chi connectivity index (χ2v) is 8.35. The van der Waals surface area contributed by atoms with E-state index >= 15 is 0 Å². The Kier molecular flexibility index (Phi) is 5.09. The van der Waals surface area contributed by atoms with Crippen molar-refractivity contribution in [2.75, 3.05) is 11.1 Å². The molecule has 2 heterocycles. The van der Waals surface area contributed by atoms with Gasteiger partial charge in [-0.2, -0.15) is 15.0 Å². The fourth-order valence-electron chi connectivity index (χ4n) is 4.22. The van der Waals surface area contributed by atoms with Gasteiger partial charge in [0.2, 0.25) is 11.9 Å². The number of hydrogen-bond donors (Lipinski definition) is 3. The Morgan fingerprint density at radius 2 is 1.71 bits per heavy atom. The molecule has 1 unspecified atom stereocenters. The van der Waals surface area contributed by atoms with Gasteiger partial charge < -0.3 is 16.4 Å². The first kappa shape index (κ1) is 21.3. The molecule has 170 valence electrons. The molecule has 3 amide bonds. The smallest absolute Gasteiger partial charge is 0.325 e. The van der Waals surface area contributed by atoms with E-state index in [1.54, 1.807) is 6.92 Å². The van der Waals surface area contributed by atoms with Gasteiger partial charge in [-0.15, -0.1) is 0 Å². The number of carbonyl (C=O) groups is 2. The first-order valence-corrected chi connectivity index (χ1v) is 10.8. The zero-order valence-corrected chi connectivity index (χ0v) is 18.7. The molecule has 5 rings (SSSR count). The highest BCUT2D eigenvalue weighted by atomic mass is 16.2. The molecular formula is C25H23N7O2. The third-order valence-electron chi connectivity index (χ3n) is 5.99. The number of aromatic nitrogens is 3. The molecule has 1 fully saturated rings. The molecule has 0 aliphatic carbocycles. The number of carbonyl (C=O) groups excluding carboxylic acids is 2. The summed E-state index contributed by atoms with van der Waals surface area (Å²) < 4.78 is 0. The molecule has 3 aromatic carbocycles. The van der Waals surface area contributed by atoms with Crippen LogP contribution in [0.3, 0.4) is 0 Å². The van der Waals surface area contributed by atoms with Gasteiger partial charge in [0.05, 0.1) is 6.54 Å². The average molecular weight is 454 g/mol. The lowest BCUT2D eigenvalue weighted by molar-refractivity contribution is -0.131. The molecule has 1 aliphatic rings. The lowest BCUT2D eigenvalue weighted by atomic mass is 9.88. The normalized spacial score (nSPS) is 17.8. The van der Waals surface area contributed by atoms with Crippen LogP contribution in [0, 0.1) is 6.92 Å². The monoisotopic (exact) mass is 453 g/mol. The number of nitrogens with one attached hydrogen (secondary N) is 2. The van der Waals surface area contributed by atoms with E-state index in [-0.39, 0.29) is 30.2 Å². The van der Waals surface area contributed by atoms with Gasteiger partial charge in [0.25, 0.3) is 5.91 Å². The van der Waals surface area contributed by atoms with E-state index in [1.807, 2.05) is 73.7 Å². The predicted molar refractivity (Wildman–Crippen MR) is 129 cm³/mol. The zero-order valence-electron chi connectivity index (χ0n) is 18.7. The van der Waals surface area contributed by atoms with Crippen molar-refractivity contribution in [2.24, 2.45) is 0 Å². The van der Waals surface area contributed by atoms with Crippen LogP contribution in [0.15, 0.2) is 66.7 Å². The molecule has 0 saturated carbocycles. The van der Waals surface area contributed by atoms with E-state index < -0.39 is 11.6 Å². The summed E-state index contributed by atoms with van der Waals surface area (Å²) in [6, 6.07) is 20.6. The number of nitrogen functional groups attached to an aromatic ring is 1. The van der Waals surface area contributed by atoms with Crippen LogP contribution in [0.2, 0.25) is 0 Å². The van der Waals surface area contributed by atoms with Crippen molar-refractivity contribution in [1.82, 2.24) is 25.2 Å². The van der Waals surface area contributed by atoms with Crippen molar-refractivity contribution >= 4 is 40.3 Å². The summed E-state index contributed by atoms with van der Waals surface area (Å²) in [4.78, 5) is 40.2. The third-order valence-corrected chi connectivity index (χ3v) is 5.99. The maximum absolute atomic E-state index is 13.5. The molecule has 0 spiro atoms. The maximum Gasteiger partial charge on any atom is 0.325 e. The third kappa shape index (κ3) is 3.66. The Hall–Kier alpha value is -4.53. The highest BCUT2D eigenvalue weighted by Crippen LogP contribution is 2.34. The van der Waals surface area contributed by atoms with Gasteiger partial charge in [0, 0.05) is 5.69 Å². The van der Waals surface area contributed by atoms with Gasteiger partial charge in [-0.3, -0.25) is 9.69 Å². The van der Waals surface area contributed by atoms with E-state index in [0.29, 0.717) is 0 Å². The number of para-hydroxylation sites is 1. The molecule has 0 radical (unpaired) electrons. The predicted octanol–water partition coefficient (Wildman–Crippen LogP) is 3.63. The van der Waals surface area contributed by atoms with E-state index in [0.717, 1.165) is 32.5 Å². The number of rotatable bonds is 5. The van der Waals surface area contributed by atoms with Crippen molar-refractivity contribution in [1.29, 1.82) is 0 Å². The molecular weight excluding hydrogens is 430 g/mol. The van der Waals surface area contributed by atoms with Crippen LogP contribution in [0.5, 0.6) is 0 Å². The van der Waals surface area contributed by atoms with E-state index in [9.17, 15) is 9.59 Å². The molecule has 1 atom stereocenters. The fraction of sp³-hybridized carbons (Fsp3) is 0.160. The minimum Gasteiger partial charge on any atom is -0.368 e. The average Bonchev–Trinajstić information content (AvgIpc) is 3.03. The second-order valence-electron chi connectivity index (χ2n) is 8.35. The SMILES string of the molecule is Cc1ccccc1Nc1nc(N)nc(CN2C(=O)NC(C)(c3cccc4ccccc34)C2=O)n1. The topological polar surface area (TPSA) is 126 Å². The number of fused-ring (bicyclic) bond motifs is 1. The number of nitrogens with zero attached hydrogens (tertiary/aromatic N) is 4. The molecule has 4 N–H and O–H groups in total. The fourth-order valence-corrected chi connectivity index (χ4v) is 4.22. The molecule has 1 aliphatic heterocycles. The molecule has 1 aromatic heterocycles. The minimum absolute atomic E-state index is 0.00930. The molecule has 9 heteroatoms. The number of aryl methyl sites for hydroxylation is 1. The molecule has 4 aromatic rings. The lowest BCUT2D eigenvalue weighted by Crippen LogP contribution is -2.41. The van der Waals surface area contributed by atoms with E-state index in [1.165, 1.54) is 0 Å². The minimum atomic E-state index is -1.22. The summed E-state index contributed by atoms with van der Waals surface area (Å²) in [5.74, 6) is 0.0427. The number of urea groups is 1. The Morgan fingerprint density at radius 3 is 2.53 bits per heavy atom. The first-order chi connectivity index (χ1) is 16.3. The van der Waals surface area contributed by atoms with Gasteiger partial charge in [0.1, 0.15) is 5.54 Å². The standard InChI is InChI=1S/C25H23N7O2/c1-15-8-3-6-13-19(15)27-23-29-20(28-22(26)30-23)14-32-21(33)25(2,31-24(32)34)18-12-7-10-16-9-4-5-11-17(16)18/h3-13H,14H2,1-2H3,(H,31,34)(H3,26,27,28,29,30). The summed E-state index contributed by atoms with van der Waals surface area (Å²) in [7, 11) is 0. The summed E-state index contributed by atoms with van der Waals surface area (Å²) in [5.41, 5.74) is 7.22. The number of imide groups is 1. The van der Waals surface area contributed by atoms with Gasteiger partial charge in [0.15, 0.2) is 5.82 Å². The van der Waals surface area contributed by atoms with Crippen LogP contribution < -0.4 is 16.4 Å². The highest BCUT2D eigenvalue weighted by molar-refractivity contribution is 6.09. The summed E-state index contributed by atoms with van der Waals surface area (Å²) in [6.07, 6.45) is 0. The first-order valence-electron chi connectivity index (χ1n) is 10.8. The van der Waals surface area contributed by atoms with E-state index in [4.69, 9.17) is 5.73 Å². The van der Waals surface area contributed by atoms with Gasteiger partial charge in [-0.1, -0.05) is 60.7 Å². The van der Waals surface area contributed by atoms with Crippen LogP contribution in [0.25, 0.3) is 10.8 Å². The van der Waals surface area contributed by atoms with Crippen molar-refractivity contribution in [3.05, 3.63) is 83.7 Å². The van der Waals surface area contributed by atoms with Crippen LogP contribution in [-0.4, -0.2) is 31.8 Å². The Bertz CT molecular complexity index is 1430. The highest BCUT2D eigenvalue weighted by Gasteiger charge is 2.49. The van der Waals surface area contributed by atoms with E-state index in [2.05, 4.69) is 25.6 Å². The van der Waals surface area contributed by atoms with Crippen molar-refractivity contribution < 1.29 is 9.59 Å². The lowest BCUT2D eigenvalue weighted by Gasteiger charge is -2.24. The van der Waals surface area contributed by atoms with Crippen LogP contribution in [0.1, 0.15) is 23.9 Å². The van der Waals surface area contributed by atoms with Gasteiger partial charge in [-0.05, 0) is 41.8 Å². The molecule has 9 nitrogen and oxygen atoms in total. The Balaban J connectivity index is 1.44. The van der Waals surface area contributed by atoms with Crippen molar-refractivity contribution in [3.63, 3.8) is 0 Å². The van der Waals surface area contributed by atoms with Gasteiger partial charge >= 0.3 is 6.03 Å². The number of benzene rings is 3. The van der Waals surface area contributed by atoms with Crippen LogP contribution in [-0.2, 0) is 16.9 Å². The number of hydrogen-bond acceptors (Lipinski definition) is 7. The summed E-state index contributed by atoms with van der Waals surface area (Å²) in [5, 5.41) is 7.86. The van der Waals surface area contributed by atoms with Crippen LogP contribution >= 0.6 is 0 Å². The number of anilines is 3. The molecule has 1 saturated heterocycles. The Morgan fingerprint density at radius 1 is 0.971 bits per heavy atom. The number of nitrogens with two attached hydrogens (primary N) is 1. The van der Waals surface area contributed by atoms with Gasteiger partial charge in [-0.25, -0.2) is 4.79 Å². The van der Waals surface area contributed by atoms with Crippen molar-refractivity contribution in [2.45, 2.75) is 25.9 Å². The number of amides is 3. The largest absolute Gasteiger partial charge is 0.368 e. The molecule has 0 bridgehead atoms. The zero-order chi connectivity index (χ0) is 23.9. The molecule has 34 heavy (non-hydrogen) atoms. The second kappa shape index (κ2) is 8.11. The van der Waals surface area contributed by atoms with Crippen LogP contribution in [0.4, 0.5) is 22.4 Å². The Labute approximate surface area is 196 Å². The summed E-state index contributed by atoms with van der Waals surface area (Å²) >= 11 is 0. The maximum atomic E-state index is 13.5. The quantitative estimate of drug-likeness (QED) is 0.394. The summed E-state index contributed by atoms with van der Waals surface area (Å²) in [6.45, 7) is 3.53. The van der Waals surface area contributed by atoms with Crippen molar-refractivity contribution in [3.8, 4) is 0 Å².